The van der Waals surface area contributed by atoms with E-state index in [4.69, 9.17) is 5.11 Å². The third-order valence-corrected chi connectivity index (χ3v) is 2.17. The number of carboxylic acid groups (broad SMARTS) is 1. The van der Waals surface area contributed by atoms with Crippen LogP contribution in [0.2, 0.25) is 0 Å². The van der Waals surface area contributed by atoms with Gasteiger partial charge in [0, 0.05) is 24.8 Å². The maximum atomic E-state index is 10.4. The Morgan fingerprint density at radius 2 is 2.20 bits per heavy atom. The van der Waals surface area contributed by atoms with Crippen LogP contribution in [0.1, 0.15) is 13.3 Å². The van der Waals surface area contributed by atoms with Crippen molar-refractivity contribution in [2.75, 3.05) is 18.0 Å². The Kier molecular flexibility index (Phi) is 3.97. The highest BCUT2D eigenvalue weighted by molar-refractivity contribution is 5.67. The molecule has 0 heterocycles. The lowest BCUT2D eigenvalue weighted by atomic mass is 10.2. The zero-order valence-electron chi connectivity index (χ0n) is 8.68. The Balaban J connectivity index is 2.69. The SMILES string of the molecule is CCN(CCC(=O)O)c1cccc(O)c1. The average Bonchev–Trinajstić information content (AvgIpc) is 2.18. The minimum atomic E-state index is -0.811. The van der Waals surface area contributed by atoms with Crippen molar-refractivity contribution < 1.29 is 15.0 Å². The van der Waals surface area contributed by atoms with Crippen molar-refractivity contribution in [3.8, 4) is 5.75 Å². The van der Waals surface area contributed by atoms with Crippen LogP contribution >= 0.6 is 0 Å². The van der Waals surface area contributed by atoms with Crippen molar-refractivity contribution in [3.05, 3.63) is 24.3 Å². The molecule has 0 unspecified atom stereocenters. The monoisotopic (exact) mass is 209 g/mol. The summed E-state index contributed by atoms with van der Waals surface area (Å²) in [7, 11) is 0. The second-order valence-electron chi connectivity index (χ2n) is 3.24. The molecule has 2 N–H and O–H groups in total. The summed E-state index contributed by atoms with van der Waals surface area (Å²) in [6, 6.07) is 6.82. The minimum Gasteiger partial charge on any atom is -0.508 e. The number of nitrogens with zero attached hydrogens (tertiary/aromatic N) is 1. The van der Waals surface area contributed by atoms with E-state index in [9.17, 15) is 9.90 Å². The molecule has 0 fully saturated rings. The third-order valence-electron chi connectivity index (χ3n) is 2.17. The molecule has 4 heteroatoms. The highest BCUT2D eigenvalue weighted by Gasteiger charge is 2.06. The van der Waals surface area contributed by atoms with Gasteiger partial charge in [-0.25, -0.2) is 0 Å². The molecule has 0 saturated carbocycles. The molecule has 0 atom stereocenters. The van der Waals surface area contributed by atoms with Gasteiger partial charge in [0.05, 0.1) is 6.42 Å². The van der Waals surface area contributed by atoms with Gasteiger partial charge in [0.25, 0.3) is 0 Å². The van der Waals surface area contributed by atoms with Gasteiger partial charge in [0.1, 0.15) is 5.75 Å². The van der Waals surface area contributed by atoms with E-state index in [0.29, 0.717) is 6.54 Å². The normalized spacial score (nSPS) is 9.93. The van der Waals surface area contributed by atoms with Crippen LogP contribution in [0.15, 0.2) is 24.3 Å². The van der Waals surface area contributed by atoms with E-state index in [2.05, 4.69) is 0 Å². The molecule has 0 amide bonds. The molecule has 0 spiro atoms. The number of carboxylic acids is 1. The first kappa shape index (κ1) is 11.4. The van der Waals surface area contributed by atoms with E-state index in [1.807, 2.05) is 17.9 Å². The van der Waals surface area contributed by atoms with Gasteiger partial charge in [0.2, 0.25) is 0 Å². The number of anilines is 1. The summed E-state index contributed by atoms with van der Waals surface area (Å²) >= 11 is 0. The fourth-order valence-corrected chi connectivity index (χ4v) is 1.39. The van der Waals surface area contributed by atoms with Crippen molar-refractivity contribution in [3.63, 3.8) is 0 Å². The van der Waals surface area contributed by atoms with Gasteiger partial charge in [0.15, 0.2) is 0 Å². The van der Waals surface area contributed by atoms with Crippen molar-refractivity contribution >= 4 is 11.7 Å². The second kappa shape index (κ2) is 5.24. The van der Waals surface area contributed by atoms with Crippen LogP contribution in [-0.4, -0.2) is 29.3 Å². The summed E-state index contributed by atoms with van der Waals surface area (Å²) in [5.74, 6) is -0.616. The fourth-order valence-electron chi connectivity index (χ4n) is 1.39. The summed E-state index contributed by atoms with van der Waals surface area (Å²) in [4.78, 5) is 12.4. The van der Waals surface area contributed by atoms with Crippen LogP contribution in [0, 0.1) is 0 Å². The Labute approximate surface area is 88.8 Å². The van der Waals surface area contributed by atoms with Gasteiger partial charge in [-0.3, -0.25) is 4.79 Å². The number of hydrogen-bond donors (Lipinski definition) is 2. The number of carbonyl (C=O) groups is 1. The summed E-state index contributed by atoms with van der Waals surface area (Å²) in [6.07, 6.45) is 0.101. The van der Waals surface area contributed by atoms with Gasteiger partial charge >= 0.3 is 5.97 Å². The summed E-state index contributed by atoms with van der Waals surface area (Å²) in [5.41, 5.74) is 0.846. The largest absolute Gasteiger partial charge is 0.508 e. The van der Waals surface area contributed by atoms with Gasteiger partial charge in [-0.2, -0.15) is 0 Å². The van der Waals surface area contributed by atoms with Crippen LogP contribution in [0.5, 0.6) is 5.75 Å². The van der Waals surface area contributed by atoms with Crippen molar-refractivity contribution in [1.29, 1.82) is 0 Å². The van der Waals surface area contributed by atoms with Crippen LogP contribution in [-0.2, 0) is 4.79 Å². The maximum Gasteiger partial charge on any atom is 0.305 e. The van der Waals surface area contributed by atoms with E-state index in [1.165, 1.54) is 0 Å². The molecular weight excluding hydrogens is 194 g/mol. The molecule has 1 rings (SSSR count). The standard InChI is InChI=1S/C11H15NO3/c1-2-12(7-6-11(14)15)9-4-3-5-10(13)8-9/h3-5,8,13H,2,6-7H2,1H3,(H,14,15). The lowest BCUT2D eigenvalue weighted by molar-refractivity contribution is -0.136. The Bertz CT molecular complexity index is 338. The maximum absolute atomic E-state index is 10.4. The number of benzene rings is 1. The predicted octanol–water partition coefficient (Wildman–Crippen LogP) is 1.69. The number of hydrogen-bond acceptors (Lipinski definition) is 3. The molecule has 0 saturated heterocycles. The molecule has 0 aliphatic carbocycles. The molecule has 1 aromatic rings. The van der Waals surface area contributed by atoms with E-state index in [1.54, 1.807) is 18.2 Å². The van der Waals surface area contributed by atoms with E-state index in [-0.39, 0.29) is 12.2 Å². The lowest BCUT2D eigenvalue weighted by Crippen LogP contribution is -2.25. The molecular formula is C11H15NO3. The Hall–Kier alpha value is -1.71. The van der Waals surface area contributed by atoms with Crippen LogP contribution in [0.25, 0.3) is 0 Å². The van der Waals surface area contributed by atoms with Crippen LogP contribution in [0.3, 0.4) is 0 Å². The van der Waals surface area contributed by atoms with Gasteiger partial charge in [-0.15, -0.1) is 0 Å². The van der Waals surface area contributed by atoms with Gasteiger partial charge < -0.3 is 15.1 Å². The first-order valence-electron chi connectivity index (χ1n) is 4.89. The lowest BCUT2D eigenvalue weighted by Gasteiger charge is -2.22. The van der Waals surface area contributed by atoms with Crippen LogP contribution < -0.4 is 4.90 Å². The van der Waals surface area contributed by atoms with Crippen molar-refractivity contribution in [2.24, 2.45) is 0 Å². The van der Waals surface area contributed by atoms with E-state index >= 15 is 0 Å². The number of rotatable bonds is 5. The highest BCUT2D eigenvalue weighted by atomic mass is 16.4. The van der Waals surface area contributed by atoms with Crippen molar-refractivity contribution in [1.82, 2.24) is 0 Å². The molecule has 0 radical (unpaired) electrons. The molecule has 0 aromatic heterocycles. The fraction of sp³-hybridized carbons (Fsp3) is 0.364. The van der Waals surface area contributed by atoms with E-state index < -0.39 is 5.97 Å². The van der Waals surface area contributed by atoms with Gasteiger partial charge in [-0.1, -0.05) is 6.07 Å². The molecule has 4 nitrogen and oxygen atoms in total. The first-order chi connectivity index (χ1) is 7.13. The third kappa shape index (κ3) is 3.50. The summed E-state index contributed by atoms with van der Waals surface area (Å²) in [6.45, 7) is 3.12. The molecule has 15 heavy (non-hydrogen) atoms. The summed E-state index contributed by atoms with van der Waals surface area (Å²) in [5, 5.41) is 17.9. The zero-order valence-corrected chi connectivity index (χ0v) is 8.68. The molecule has 0 bridgehead atoms. The summed E-state index contributed by atoms with van der Waals surface area (Å²) < 4.78 is 0. The highest BCUT2D eigenvalue weighted by Crippen LogP contribution is 2.19. The number of phenolic OH excluding ortho intramolecular Hbond substituents is 1. The topological polar surface area (TPSA) is 60.8 Å². The number of aliphatic carboxylic acids is 1. The zero-order chi connectivity index (χ0) is 11.3. The number of phenols is 1. The van der Waals surface area contributed by atoms with Crippen molar-refractivity contribution in [2.45, 2.75) is 13.3 Å². The Morgan fingerprint density at radius 3 is 2.73 bits per heavy atom. The van der Waals surface area contributed by atoms with Crippen LogP contribution in [0.4, 0.5) is 5.69 Å². The second-order valence-corrected chi connectivity index (χ2v) is 3.24. The Morgan fingerprint density at radius 1 is 1.47 bits per heavy atom. The number of aromatic hydroxyl groups is 1. The first-order valence-corrected chi connectivity index (χ1v) is 4.89. The minimum absolute atomic E-state index is 0.101. The van der Waals surface area contributed by atoms with Gasteiger partial charge in [-0.05, 0) is 19.1 Å². The quantitative estimate of drug-likeness (QED) is 0.774. The molecule has 0 aliphatic heterocycles. The molecule has 1 aromatic carbocycles. The molecule has 82 valence electrons. The smallest absolute Gasteiger partial charge is 0.305 e. The molecule has 0 aliphatic rings. The predicted molar refractivity (Wildman–Crippen MR) is 58.2 cm³/mol. The average molecular weight is 209 g/mol. The van der Waals surface area contributed by atoms with E-state index in [0.717, 1.165) is 12.2 Å².